The molecule has 4 heteroatoms. The van der Waals surface area contributed by atoms with Gasteiger partial charge in [-0.1, -0.05) is 6.92 Å². The third-order valence-corrected chi connectivity index (χ3v) is 2.23. The number of nitrogens with two attached hydrogens (primary N) is 1. The molecule has 3 nitrogen and oxygen atoms in total. The molecule has 0 bridgehead atoms. The maximum atomic E-state index is 13.6. The lowest BCUT2D eigenvalue weighted by molar-refractivity contribution is 0.621. The van der Waals surface area contributed by atoms with E-state index >= 15 is 0 Å². The van der Waals surface area contributed by atoms with Gasteiger partial charge in [-0.3, -0.25) is 5.41 Å². The second-order valence-electron chi connectivity index (χ2n) is 3.50. The first kappa shape index (κ1) is 11.5. The molecular formula is C11H16FN3. The standard InChI is InChI=1S/C11H16FN3/c1-3-6-15(2)10-5-4-8(11(13)14)7-9(10)12/h4-5,7H,3,6H2,1-2H3,(H3,13,14). The minimum atomic E-state index is -0.335. The topological polar surface area (TPSA) is 53.1 Å². The van der Waals surface area contributed by atoms with Crippen LogP contribution < -0.4 is 10.6 Å². The summed E-state index contributed by atoms with van der Waals surface area (Å²) in [7, 11) is 1.84. The predicted molar refractivity (Wildman–Crippen MR) is 61.0 cm³/mol. The quantitative estimate of drug-likeness (QED) is 0.588. The Morgan fingerprint density at radius 3 is 2.67 bits per heavy atom. The summed E-state index contributed by atoms with van der Waals surface area (Å²) < 4.78 is 13.6. The average molecular weight is 209 g/mol. The van der Waals surface area contributed by atoms with Crippen molar-refractivity contribution in [2.75, 3.05) is 18.5 Å². The molecule has 0 radical (unpaired) electrons. The molecule has 0 unspecified atom stereocenters. The van der Waals surface area contributed by atoms with E-state index in [9.17, 15) is 4.39 Å². The highest BCUT2D eigenvalue weighted by molar-refractivity contribution is 5.95. The zero-order valence-electron chi connectivity index (χ0n) is 9.05. The van der Waals surface area contributed by atoms with Crippen molar-refractivity contribution >= 4 is 11.5 Å². The summed E-state index contributed by atoms with van der Waals surface area (Å²) >= 11 is 0. The molecule has 0 saturated heterocycles. The lowest BCUT2D eigenvalue weighted by Gasteiger charge is -2.19. The third kappa shape index (κ3) is 2.68. The fraction of sp³-hybridized carbons (Fsp3) is 0.364. The normalized spacial score (nSPS) is 10.1. The number of hydrogen-bond donors (Lipinski definition) is 2. The van der Waals surface area contributed by atoms with Gasteiger partial charge in [-0.25, -0.2) is 4.39 Å². The van der Waals surface area contributed by atoms with Crippen LogP contribution in [-0.2, 0) is 0 Å². The Morgan fingerprint density at radius 1 is 1.53 bits per heavy atom. The Hall–Kier alpha value is -1.58. The largest absolute Gasteiger partial charge is 0.384 e. The molecule has 15 heavy (non-hydrogen) atoms. The van der Waals surface area contributed by atoms with Gasteiger partial charge in [-0.2, -0.15) is 0 Å². The number of benzene rings is 1. The van der Waals surface area contributed by atoms with Gasteiger partial charge in [0, 0.05) is 19.2 Å². The van der Waals surface area contributed by atoms with E-state index in [1.807, 2.05) is 18.9 Å². The van der Waals surface area contributed by atoms with E-state index in [0.29, 0.717) is 11.3 Å². The van der Waals surface area contributed by atoms with Crippen molar-refractivity contribution < 1.29 is 4.39 Å². The van der Waals surface area contributed by atoms with Crippen molar-refractivity contribution in [2.24, 2.45) is 5.73 Å². The van der Waals surface area contributed by atoms with Crippen LogP contribution in [0.4, 0.5) is 10.1 Å². The number of nitrogens with one attached hydrogen (secondary N) is 1. The van der Waals surface area contributed by atoms with Crippen molar-refractivity contribution in [3.05, 3.63) is 29.6 Å². The van der Waals surface area contributed by atoms with Crippen molar-refractivity contribution in [1.29, 1.82) is 5.41 Å². The zero-order valence-corrected chi connectivity index (χ0v) is 9.05. The molecule has 0 aliphatic rings. The maximum Gasteiger partial charge on any atom is 0.147 e. The Labute approximate surface area is 89.2 Å². The van der Waals surface area contributed by atoms with Gasteiger partial charge >= 0.3 is 0 Å². The van der Waals surface area contributed by atoms with Crippen molar-refractivity contribution in [3.63, 3.8) is 0 Å². The number of nitrogens with zero attached hydrogens (tertiary/aromatic N) is 1. The summed E-state index contributed by atoms with van der Waals surface area (Å²) in [5.41, 5.74) is 6.23. The molecule has 0 spiro atoms. The Balaban J connectivity index is 2.97. The Morgan fingerprint density at radius 2 is 2.20 bits per heavy atom. The molecular weight excluding hydrogens is 193 g/mol. The third-order valence-electron chi connectivity index (χ3n) is 2.23. The van der Waals surface area contributed by atoms with Crippen LogP contribution in [0, 0.1) is 11.2 Å². The fourth-order valence-corrected chi connectivity index (χ4v) is 1.44. The van der Waals surface area contributed by atoms with E-state index in [4.69, 9.17) is 11.1 Å². The summed E-state index contributed by atoms with van der Waals surface area (Å²) in [6.45, 7) is 2.84. The summed E-state index contributed by atoms with van der Waals surface area (Å²) in [4.78, 5) is 1.85. The summed E-state index contributed by atoms with van der Waals surface area (Å²) in [6.07, 6.45) is 0.963. The first-order chi connectivity index (χ1) is 7.06. The molecule has 1 rings (SSSR count). The van der Waals surface area contributed by atoms with Gasteiger partial charge in [0.15, 0.2) is 0 Å². The van der Waals surface area contributed by atoms with Crippen LogP contribution >= 0.6 is 0 Å². The van der Waals surface area contributed by atoms with E-state index in [1.165, 1.54) is 6.07 Å². The number of rotatable bonds is 4. The van der Waals surface area contributed by atoms with Gasteiger partial charge < -0.3 is 10.6 Å². The SMILES string of the molecule is CCCN(C)c1ccc(C(=N)N)cc1F. The van der Waals surface area contributed by atoms with Gasteiger partial charge in [0.1, 0.15) is 11.7 Å². The number of amidine groups is 1. The van der Waals surface area contributed by atoms with E-state index in [0.717, 1.165) is 13.0 Å². The average Bonchev–Trinajstić information content (AvgIpc) is 2.17. The van der Waals surface area contributed by atoms with Crippen LogP contribution in [0.15, 0.2) is 18.2 Å². The Kier molecular flexibility index (Phi) is 3.66. The monoisotopic (exact) mass is 209 g/mol. The fourth-order valence-electron chi connectivity index (χ4n) is 1.44. The van der Waals surface area contributed by atoms with Crippen molar-refractivity contribution in [1.82, 2.24) is 0 Å². The zero-order chi connectivity index (χ0) is 11.4. The number of halogens is 1. The molecule has 0 aromatic heterocycles. The van der Waals surface area contributed by atoms with E-state index < -0.39 is 0 Å². The lowest BCUT2D eigenvalue weighted by atomic mass is 10.1. The number of hydrogen-bond acceptors (Lipinski definition) is 2. The summed E-state index contributed by atoms with van der Waals surface area (Å²) in [5.74, 6) is -0.447. The van der Waals surface area contributed by atoms with Crippen LogP contribution in [-0.4, -0.2) is 19.4 Å². The molecule has 0 aliphatic carbocycles. The second kappa shape index (κ2) is 4.77. The lowest BCUT2D eigenvalue weighted by Crippen LogP contribution is -2.19. The van der Waals surface area contributed by atoms with E-state index in [1.54, 1.807) is 12.1 Å². The minimum Gasteiger partial charge on any atom is -0.384 e. The van der Waals surface area contributed by atoms with Crippen LogP contribution in [0.25, 0.3) is 0 Å². The predicted octanol–water partition coefficient (Wildman–Crippen LogP) is 1.96. The molecule has 3 N–H and O–H groups in total. The Bertz CT molecular complexity index is 363. The highest BCUT2D eigenvalue weighted by Gasteiger charge is 2.08. The van der Waals surface area contributed by atoms with E-state index in [2.05, 4.69) is 0 Å². The molecule has 1 aromatic carbocycles. The molecule has 0 atom stereocenters. The highest BCUT2D eigenvalue weighted by Crippen LogP contribution is 2.19. The molecule has 0 aliphatic heterocycles. The summed E-state index contributed by atoms with van der Waals surface area (Å²) in [5, 5.41) is 7.19. The smallest absolute Gasteiger partial charge is 0.147 e. The van der Waals surface area contributed by atoms with Crippen LogP contribution in [0.3, 0.4) is 0 Å². The number of nitrogen functional groups attached to an aromatic ring is 1. The second-order valence-corrected chi connectivity index (χ2v) is 3.50. The molecule has 0 heterocycles. The minimum absolute atomic E-state index is 0.112. The van der Waals surface area contributed by atoms with E-state index in [-0.39, 0.29) is 11.7 Å². The van der Waals surface area contributed by atoms with Gasteiger partial charge in [0.25, 0.3) is 0 Å². The van der Waals surface area contributed by atoms with Gasteiger partial charge in [0.2, 0.25) is 0 Å². The number of anilines is 1. The molecule has 0 saturated carbocycles. The first-order valence-corrected chi connectivity index (χ1v) is 4.91. The first-order valence-electron chi connectivity index (χ1n) is 4.91. The molecule has 1 aromatic rings. The highest BCUT2D eigenvalue weighted by atomic mass is 19.1. The van der Waals surface area contributed by atoms with Crippen molar-refractivity contribution in [2.45, 2.75) is 13.3 Å². The van der Waals surface area contributed by atoms with Gasteiger partial charge in [0.05, 0.1) is 5.69 Å². The molecule has 82 valence electrons. The van der Waals surface area contributed by atoms with Crippen molar-refractivity contribution in [3.8, 4) is 0 Å². The van der Waals surface area contributed by atoms with Crippen LogP contribution in [0.1, 0.15) is 18.9 Å². The van der Waals surface area contributed by atoms with Gasteiger partial charge in [-0.15, -0.1) is 0 Å². The van der Waals surface area contributed by atoms with Gasteiger partial charge in [-0.05, 0) is 24.6 Å². The van der Waals surface area contributed by atoms with Crippen LogP contribution in [0.5, 0.6) is 0 Å². The summed E-state index contributed by atoms with van der Waals surface area (Å²) in [6, 6.07) is 4.61. The molecule has 0 fully saturated rings. The maximum absolute atomic E-state index is 13.6. The van der Waals surface area contributed by atoms with Crippen LogP contribution in [0.2, 0.25) is 0 Å². The molecule has 0 amide bonds.